The first-order valence-electron chi connectivity index (χ1n) is 9.15. The standard InChI is InChI=1S/C19H22FN3O6/c1-13-2-5-18(29-13)17(22-6-8-27-9-7-22)11-21-19(24)12-28-14-3-4-16(23(25)26)15(20)10-14/h2-5,10,17H,6-9,11-12H2,1H3,(H,21,24). The third-order valence-electron chi connectivity index (χ3n) is 4.55. The maximum atomic E-state index is 13.6. The van der Waals surface area contributed by atoms with Gasteiger partial charge in [0.1, 0.15) is 17.3 Å². The number of hydrogen-bond acceptors (Lipinski definition) is 7. The molecule has 0 aliphatic carbocycles. The van der Waals surface area contributed by atoms with E-state index in [1.165, 1.54) is 6.07 Å². The average Bonchev–Trinajstić information content (AvgIpc) is 3.13. The van der Waals surface area contributed by atoms with Gasteiger partial charge in [0.05, 0.1) is 24.2 Å². The van der Waals surface area contributed by atoms with Gasteiger partial charge in [0, 0.05) is 31.8 Å². The Morgan fingerprint density at radius 2 is 2.10 bits per heavy atom. The van der Waals surface area contributed by atoms with Crippen LogP contribution < -0.4 is 10.1 Å². The fourth-order valence-corrected chi connectivity index (χ4v) is 3.07. The van der Waals surface area contributed by atoms with Gasteiger partial charge in [-0.2, -0.15) is 4.39 Å². The van der Waals surface area contributed by atoms with E-state index in [1.807, 2.05) is 19.1 Å². The number of nitro groups is 1. The highest BCUT2D eigenvalue weighted by atomic mass is 19.1. The smallest absolute Gasteiger partial charge is 0.305 e. The van der Waals surface area contributed by atoms with Gasteiger partial charge in [-0.05, 0) is 25.1 Å². The maximum Gasteiger partial charge on any atom is 0.305 e. The van der Waals surface area contributed by atoms with Crippen molar-refractivity contribution in [3.8, 4) is 5.75 Å². The van der Waals surface area contributed by atoms with Gasteiger partial charge in [-0.25, -0.2) is 0 Å². The molecule has 1 aromatic carbocycles. The summed E-state index contributed by atoms with van der Waals surface area (Å²) in [6.07, 6.45) is 0. The van der Waals surface area contributed by atoms with Gasteiger partial charge in [-0.15, -0.1) is 0 Å². The van der Waals surface area contributed by atoms with Crippen LogP contribution in [0.2, 0.25) is 0 Å². The molecule has 156 valence electrons. The predicted octanol–water partition coefficient (Wildman–Crippen LogP) is 2.20. The third kappa shape index (κ3) is 5.52. The molecule has 0 radical (unpaired) electrons. The molecule has 1 fully saturated rings. The van der Waals surface area contributed by atoms with Crippen LogP contribution in [0, 0.1) is 22.9 Å². The number of halogens is 1. The Kier molecular flexibility index (Phi) is 6.78. The Morgan fingerprint density at radius 1 is 1.34 bits per heavy atom. The molecule has 1 aliphatic heterocycles. The zero-order valence-electron chi connectivity index (χ0n) is 15.9. The van der Waals surface area contributed by atoms with Gasteiger partial charge in [-0.1, -0.05) is 0 Å². The molecule has 2 heterocycles. The summed E-state index contributed by atoms with van der Waals surface area (Å²) >= 11 is 0. The predicted molar refractivity (Wildman–Crippen MR) is 100 cm³/mol. The number of amides is 1. The van der Waals surface area contributed by atoms with Crippen LogP contribution in [-0.2, 0) is 9.53 Å². The van der Waals surface area contributed by atoms with Crippen LogP contribution in [0.15, 0.2) is 34.7 Å². The highest BCUT2D eigenvalue weighted by Crippen LogP contribution is 2.24. The second-order valence-electron chi connectivity index (χ2n) is 6.58. The number of carbonyl (C=O) groups excluding carboxylic acids is 1. The van der Waals surface area contributed by atoms with Gasteiger partial charge in [0.25, 0.3) is 5.91 Å². The summed E-state index contributed by atoms with van der Waals surface area (Å²) in [5.74, 6) is 0.157. The van der Waals surface area contributed by atoms with Crippen molar-refractivity contribution in [1.82, 2.24) is 10.2 Å². The van der Waals surface area contributed by atoms with Crippen molar-refractivity contribution in [2.75, 3.05) is 39.5 Å². The molecule has 1 N–H and O–H groups in total. The second-order valence-corrected chi connectivity index (χ2v) is 6.58. The average molecular weight is 407 g/mol. The Labute approximate surface area is 166 Å². The van der Waals surface area contributed by atoms with Crippen LogP contribution >= 0.6 is 0 Å². The molecule has 0 saturated carbocycles. The lowest BCUT2D eigenvalue weighted by molar-refractivity contribution is -0.387. The molecule has 1 aromatic heterocycles. The third-order valence-corrected chi connectivity index (χ3v) is 4.55. The monoisotopic (exact) mass is 407 g/mol. The van der Waals surface area contributed by atoms with Gasteiger partial charge >= 0.3 is 5.69 Å². The van der Waals surface area contributed by atoms with Crippen molar-refractivity contribution in [3.63, 3.8) is 0 Å². The number of nitro benzene ring substituents is 1. The van der Waals surface area contributed by atoms with Crippen molar-refractivity contribution >= 4 is 11.6 Å². The molecular formula is C19H22FN3O6. The topological polar surface area (TPSA) is 107 Å². The minimum absolute atomic E-state index is 0.0367. The van der Waals surface area contributed by atoms with E-state index in [0.717, 1.165) is 36.7 Å². The number of nitrogens with one attached hydrogen (secondary N) is 1. The zero-order chi connectivity index (χ0) is 20.8. The summed E-state index contributed by atoms with van der Waals surface area (Å²) in [4.78, 5) is 24.2. The summed E-state index contributed by atoms with van der Waals surface area (Å²) in [6.45, 7) is 4.49. The number of hydrogen-bond donors (Lipinski definition) is 1. The van der Waals surface area contributed by atoms with Crippen LogP contribution in [0.5, 0.6) is 5.75 Å². The number of aryl methyl sites for hydroxylation is 1. The summed E-state index contributed by atoms with van der Waals surface area (Å²) in [7, 11) is 0. The lowest BCUT2D eigenvalue weighted by Crippen LogP contribution is -2.44. The number of benzene rings is 1. The second kappa shape index (κ2) is 9.48. The van der Waals surface area contributed by atoms with E-state index in [2.05, 4.69) is 10.2 Å². The van der Waals surface area contributed by atoms with Crippen LogP contribution in [0.4, 0.5) is 10.1 Å². The van der Waals surface area contributed by atoms with Crippen molar-refractivity contribution in [2.24, 2.45) is 0 Å². The van der Waals surface area contributed by atoms with Crippen molar-refractivity contribution in [3.05, 3.63) is 57.8 Å². The van der Waals surface area contributed by atoms with Crippen LogP contribution in [0.25, 0.3) is 0 Å². The molecule has 29 heavy (non-hydrogen) atoms. The van der Waals surface area contributed by atoms with E-state index in [-0.39, 0.29) is 18.4 Å². The summed E-state index contributed by atoms with van der Waals surface area (Å²) in [5, 5.41) is 13.4. The molecule has 3 rings (SSSR count). The molecule has 1 unspecified atom stereocenters. The van der Waals surface area contributed by atoms with Crippen molar-refractivity contribution in [2.45, 2.75) is 13.0 Å². The molecule has 9 nitrogen and oxygen atoms in total. The molecule has 2 aromatic rings. The number of nitrogens with zero attached hydrogens (tertiary/aromatic N) is 2. The van der Waals surface area contributed by atoms with E-state index >= 15 is 0 Å². The normalized spacial score (nSPS) is 15.7. The van der Waals surface area contributed by atoms with Gasteiger partial charge in [-0.3, -0.25) is 19.8 Å². The Morgan fingerprint density at radius 3 is 2.72 bits per heavy atom. The first kappa shape index (κ1) is 20.7. The number of furan rings is 1. The molecule has 1 aliphatic rings. The largest absolute Gasteiger partial charge is 0.484 e. The molecule has 1 saturated heterocycles. The fourth-order valence-electron chi connectivity index (χ4n) is 3.07. The van der Waals surface area contributed by atoms with Gasteiger partial charge in [0.2, 0.25) is 5.82 Å². The zero-order valence-corrected chi connectivity index (χ0v) is 15.9. The SMILES string of the molecule is Cc1ccc(C(CNC(=O)COc2ccc([N+](=O)[O-])c(F)c2)N2CCOCC2)o1. The van der Waals surface area contributed by atoms with Crippen molar-refractivity contribution < 1.29 is 28.0 Å². The van der Waals surface area contributed by atoms with Crippen LogP contribution in [0.1, 0.15) is 17.6 Å². The summed E-state index contributed by atoms with van der Waals surface area (Å²) in [5.41, 5.74) is -0.649. The Balaban J connectivity index is 1.56. The van der Waals surface area contributed by atoms with Crippen LogP contribution in [0.3, 0.4) is 0 Å². The lowest BCUT2D eigenvalue weighted by Gasteiger charge is -2.33. The van der Waals surface area contributed by atoms with Crippen LogP contribution in [-0.4, -0.2) is 55.2 Å². The van der Waals surface area contributed by atoms with Crippen molar-refractivity contribution in [1.29, 1.82) is 0 Å². The minimum atomic E-state index is -1.02. The number of carbonyl (C=O) groups is 1. The Bertz CT molecular complexity index is 865. The molecule has 10 heteroatoms. The number of morpholine rings is 1. The summed E-state index contributed by atoms with van der Waals surface area (Å²) < 4.78 is 30.0. The number of ether oxygens (including phenoxy) is 2. The van der Waals surface area contributed by atoms with E-state index < -0.39 is 22.3 Å². The Hall–Kier alpha value is -2.98. The van der Waals surface area contributed by atoms with E-state index in [1.54, 1.807) is 0 Å². The molecule has 1 amide bonds. The van der Waals surface area contributed by atoms with E-state index in [0.29, 0.717) is 19.8 Å². The lowest BCUT2D eigenvalue weighted by atomic mass is 10.1. The van der Waals surface area contributed by atoms with Gasteiger partial charge < -0.3 is 19.2 Å². The molecular weight excluding hydrogens is 385 g/mol. The molecule has 0 bridgehead atoms. The highest BCUT2D eigenvalue weighted by Gasteiger charge is 2.25. The van der Waals surface area contributed by atoms with E-state index in [9.17, 15) is 19.3 Å². The van der Waals surface area contributed by atoms with E-state index in [4.69, 9.17) is 13.9 Å². The molecule has 0 spiro atoms. The van der Waals surface area contributed by atoms with Gasteiger partial charge in [0.15, 0.2) is 6.61 Å². The quantitative estimate of drug-likeness (QED) is 0.528. The maximum absolute atomic E-state index is 13.6. The molecule has 1 atom stereocenters. The first-order chi connectivity index (χ1) is 13.9. The number of rotatable bonds is 8. The first-order valence-corrected chi connectivity index (χ1v) is 9.15. The summed E-state index contributed by atoms with van der Waals surface area (Å²) in [6, 6.07) is 6.74. The minimum Gasteiger partial charge on any atom is -0.484 e. The highest BCUT2D eigenvalue weighted by molar-refractivity contribution is 5.77. The fraction of sp³-hybridized carbons (Fsp3) is 0.421.